The van der Waals surface area contributed by atoms with Crippen molar-refractivity contribution < 1.29 is 5.21 Å². The molecule has 2 aromatic carbocycles. The van der Waals surface area contributed by atoms with Crippen molar-refractivity contribution >= 4 is 17.3 Å². The number of rotatable bonds is 3. The molecule has 3 rings (SSSR count). The van der Waals surface area contributed by atoms with E-state index in [-0.39, 0.29) is 0 Å². The minimum Gasteiger partial charge on any atom is -0.411 e. The van der Waals surface area contributed by atoms with Gasteiger partial charge in [-0.1, -0.05) is 59.2 Å². The normalized spacial score (nSPS) is 22.3. The van der Waals surface area contributed by atoms with Crippen LogP contribution in [0.4, 0.5) is 0 Å². The molecule has 0 saturated heterocycles. The van der Waals surface area contributed by atoms with Crippen LogP contribution in [0.1, 0.15) is 23.5 Å². The summed E-state index contributed by atoms with van der Waals surface area (Å²) in [6.45, 7) is 0. The topological polar surface area (TPSA) is 32.6 Å². The highest BCUT2D eigenvalue weighted by atomic mass is 35.5. The van der Waals surface area contributed by atoms with Crippen LogP contribution in [-0.4, -0.2) is 10.9 Å². The Morgan fingerprint density at radius 3 is 2.37 bits per heavy atom. The van der Waals surface area contributed by atoms with E-state index in [9.17, 15) is 5.21 Å². The number of nitrogens with zero attached hydrogens (tertiary/aromatic N) is 1. The van der Waals surface area contributed by atoms with E-state index in [2.05, 4.69) is 17.3 Å². The van der Waals surface area contributed by atoms with Crippen LogP contribution in [0.5, 0.6) is 0 Å². The quantitative estimate of drug-likeness (QED) is 0.503. The van der Waals surface area contributed by atoms with Crippen LogP contribution in [0.15, 0.2) is 59.8 Å². The molecule has 0 aromatic heterocycles. The van der Waals surface area contributed by atoms with Crippen molar-refractivity contribution in [3.8, 4) is 0 Å². The standard InChI is InChI=1S/C16H14ClNO/c17-13-8-6-12(7-9-13)16(18-19)15-10-14(15)11-4-2-1-3-5-11/h1-9,14-15,19H,10H2/b18-16+. The van der Waals surface area contributed by atoms with E-state index in [1.54, 1.807) is 0 Å². The highest BCUT2D eigenvalue weighted by Gasteiger charge is 2.42. The third kappa shape index (κ3) is 2.49. The predicted molar refractivity (Wildman–Crippen MR) is 77.1 cm³/mol. The largest absolute Gasteiger partial charge is 0.411 e. The number of hydrogen-bond acceptors (Lipinski definition) is 2. The Balaban J connectivity index is 1.81. The SMILES string of the molecule is O/N=C(\c1ccc(Cl)cc1)C1CC1c1ccccc1. The van der Waals surface area contributed by atoms with Crippen molar-refractivity contribution in [1.29, 1.82) is 0 Å². The lowest BCUT2D eigenvalue weighted by Gasteiger charge is -2.04. The van der Waals surface area contributed by atoms with Gasteiger partial charge >= 0.3 is 0 Å². The van der Waals surface area contributed by atoms with E-state index in [0.717, 1.165) is 17.7 Å². The second kappa shape index (κ2) is 5.06. The maximum absolute atomic E-state index is 9.28. The van der Waals surface area contributed by atoms with Crippen LogP contribution in [-0.2, 0) is 0 Å². The molecule has 2 aromatic rings. The summed E-state index contributed by atoms with van der Waals surface area (Å²) in [5.74, 6) is 0.761. The van der Waals surface area contributed by atoms with Crippen LogP contribution in [0.25, 0.3) is 0 Å². The zero-order valence-electron chi connectivity index (χ0n) is 10.3. The van der Waals surface area contributed by atoms with E-state index >= 15 is 0 Å². The molecule has 1 aliphatic rings. The first-order chi connectivity index (χ1) is 9.29. The van der Waals surface area contributed by atoms with Gasteiger partial charge < -0.3 is 5.21 Å². The zero-order chi connectivity index (χ0) is 13.2. The van der Waals surface area contributed by atoms with Crippen LogP contribution >= 0.6 is 11.6 Å². The van der Waals surface area contributed by atoms with Crippen LogP contribution in [0, 0.1) is 5.92 Å². The summed E-state index contributed by atoms with van der Waals surface area (Å²) in [4.78, 5) is 0. The molecule has 0 radical (unpaired) electrons. The third-order valence-corrected chi connectivity index (χ3v) is 3.87. The van der Waals surface area contributed by atoms with E-state index in [1.165, 1.54) is 5.56 Å². The Bertz CT molecular complexity index is 592. The molecular weight excluding hydrogens is 258 g/mol. The molecule has 0 amide bonds. The smallest absolute Gasteiger partial charge is 0.0904 e. The van der Waals surface area contributed by atoms with E-state index in [1.807, 2.05) is 42.5 Å². The van der Waals surface area contributed by atoms with Crippen molar-refractivity contribution in [1.82, 2.24) is 0 Å². The average Bonchev–Trinajstić information content (AvgIpc) is 3.23. The molecule has 0 aliphatic heterocycles. The number of hydrogen-bond donors (Lipinski definition) is 1. The Labute approximate surface area is 117 Å². The van der Waals surface area contributed by atoms with E-state index in [0.29, 0.717) is 16.9 Å². The molecule has 0 spiro atoms. The first-order valence-electron chi connectivity index (χ1n) is 6.32. The van der Waals surface area contributed by atoms with Crippen molar-refractivity contribution in [2.45, 2.75) is 12.3 Å². The molecule has 0 bridgehead atoms. The van der Waals surface area contributed by atoms with Gasteiger partial charge in [0.2, 0.25) is 0 Å². The summed E-state index contributed by atoms with van der Waals surface area (Å²) in [5, 5.41) is 13.5. The first-order valence-corrected chi connectivity index (χ1v) is 6.70. The molecule has 3 heteroatoms. The highest BCUT2D eigenvalue weighted by molar-refractivity contribution is 6.30. The number of halogens is 1. The van der Waals surface area contributed by atoms with Gasteiger partial charge in [-0.25, -0.2) is 0 Å². The average molecular weight is 272 g/mol. The second-order valence-corrected chi connectivity index (χ2v) is 5.29. The zero-order valence-corrected chi connectivity index (χ0v) is 11.1. The monoisotopic (exact) mass is 271 g/mol. The summed E-state index contributed by atoms with van der Waals surface area (Å²) in [6.07, 6.45) is 1.03. The lowest BCUT2D eigenvalue weighted by molar-refractivity contribution is 0.317. The Kier molecular flexibility index (Phi) is 3.26. The predicted octanol–water partition coefficient (Wildman–Crippen LogP) is 4.32. The Morgan fingerprint density at radius 1 is 1.05 bits per heavy atom. The van der Waals surface area contributed by atoms with Crippen LogP contribution < -0.4 is 0 Å². The first kappa shape index (κ1) is 12.2. The summed E-state index contributed by atoms with van der Waals surface area (Å²) in [7, 11) is 0. The van der Waals surface area contributed by atoms with Crippen molar-refractivity contribution in [3.05, 3.63) is 70.7 Å². The lowest BCUT2D eigenvalue weighted by Crippen LogP contribution is -2.05. The molecule has 1 saturated carbocycles. The number of oxime groups is 1. The Hall–Kier alpha value is -1.80. The van der Waals surface area contributed by atoms with Gasteiger partial charge in [0, 0.05) is 10.9 Å². The van der Waals surface area contributed by atoms with Gasteiger partial charge in [-0.05, 0) is 35.6 Å². The van der Waals surface area contributed by atoms with Gasteiger partial charge in [0.1, 0.15) is 0 Å². The van der Waals surface area contributed by atoms with Crippen LogP contribution in [0.3, 0.4) is 0 Å². The van der Waals surface area contributed by atoms with Gasteiger partial charge in [0.25, 0.3) is 0 Å². The van der Waals surface area contributed by atoms with Gasteiger partial charge in [0.15, 0.2) is 0 Å². The number of benzene rings is 2. The summed E-state index contributed by atoms with van der Waals surface area (Å²) < 4.78 is 0. The highest BCUT2D eigenvalue weighted by Crippen LogP contribution is 2.49. The van der Waals surface area contributed by atoms with E-state index in [4.69, 9.17) is 11.6 Å². The fraction of sp³-hybridized carbons (Fsp3) is 0.188. The minimum atomic E-state index is 0.300. The Morgan fingerprint density at radius 2 is 1.74 bits per heavy atom. The molecule has 1 aliphatic carbocycles. The molecule has 96 valence electrons. The fourth-order valence-corrected chi connectivity index (χ4v) is 2.66. The maximum atomic E-state index is 9.28. The summed E-state index contributed by atoms with van der Waals surface area (Å²) >= 11 is 5.88. The van der Waals surface area contributed by atoms with Crippen molar-refractivity contribution in [2.24, 2.45) is 11.1 Å². The molecule has 19 heavy (non-hydrogen) atoms. The van der Waals surface area contributed by atoms with E-state index < -0.39 is 0 Å². The van der Waals surface area contributed by atoms with Crippen molar-refractivity contribution in [2.75, 3.05) is 0 Å². The second-order valence-electron chi connectivity index (χ2n) is 4.85. The molecule has 2 atom stereocenters. The minimum absolute atomic E-state index is 0.300. The van der Waals surface area contributed by atoms with Gasteiger partial charge in [0.05, 0.1) is 5.71 Å². The fourth-order valence-electron chi connectivity index (χ4n) is 2.53. The van der Waals surface area contributed by atoms with Crippen LogP contribution in [0.2, 0.25) is 5.02 Å². The molecular formula is C16H14ClNO. The third-order valence-electron chi connectivity index (χ3n) is 3.62. The molecule has 1 N–H and O–H groups in total. The lowest BCUT2D eigenvalue weighted by atomic mass is 10.0. The molecule has 0 heterocycles. The van der Waals surface area contributed by atoms with Gasteiger partial charge in [-0.15, -0.1) is 0 Å². The summed E-state index contributed by atoms with van der Waals surface area (Å²) in [6, 6.07) is 17.8. The maximum Gasteiger partial charge on any atom is 0.0904 e. The molecule has 1 fully saturated rings. The van der Waals surface area contributed by atoms with Crippen molar-refractivity contribution in [3.63, 3.8) is 0 Å². The van der Waals surface area contributed by atoms with Gasteiger partial charge in [-0.2, -0.15) is 0 Å². The molecule has 2 nitrogen and oxygen atoms in total. The summed E-state index contributed by atoms with van der Waals surface area (Å²) in [5.41, 5.74) is 3.00. The van der Waals surface area contributed by atoms with Gasteiger partial charge in [-0.3, -0.25) is 0 Å². The molecule has 2 unspecified atom stereocenters.